The molecule has 1 aromatic heterocycles. The lowest BCUT2D eigenvalue weighted by Gasteiger charge is -2.11. The Morgan fingerprint density at radius 2 is 1.86 bits per heavy atom. The van der Waals surface area contributed by atoms with E-state index in [0.717, 1.165) is 15.7 Å². The zero-order valence-corrected chi connectivity index (χ0v) is 13.2. The summed E-state index contributed by atoms with van der Waals surface area (Å²) >= 11 is 3.36. The van der Waals surface area contributed by atoms with Crippen molar-refractivity contribution in [2.75, 3.05) is 5.32 Å². The number of para-hydroxylation sites is 1. The van der Waals surface area contributed by atoms with Gasteiger partial charge in [0.1, 0.15) is 6.54 Å². The zero-order valence-electron chi connectivity index (χ0n) is 11.6. The summed E-state index contributed by atoms with van der Waals surface area (Å²) in [5, 5.41) is 3.42. The molecule has 0 bridgehead atoms. The molecule has 0 aliphatic rings. The molecule has 1 amide bonds. The molecule has 2 aromatic carbocycles. The van der Waals surface area contributed by atoms with Crippen LogP contribution in [0.15, 0.2) is 70.1 Å². The van der Waals surface area contributed by atoms with Crippen LogP contribution in [-0.4, -0.2) is 10.5 Å². The lowest BCUT2D eigenvalue weighted by Crippen LogP contribution is -2.20. The summed E-state index contributed by atoms with van der Waals surface area (Å²) in [6, 6.07) is 16.2. The molecule has 1 N–H and O–H groups in total. The highest BCUT2D eigenvalue weighted by Crippen LogP contribution is 2.17. The zero-order chi connectivity index (χ0) is 15.5. The molecule has 1 heterocycles. The third-order valence-corrected chi connectivity index (χ3v) is 3.80. The first kappa shape index (κ1) is 14.5. The number of rotatable bonds is 3. The third-order valence-electron chi connectivity index (χ3n) is 3.31. The Kier molecular flexibility index (Phi) is 4.06. The predicted molar refractivity (Wildman–Crippen MR) is 91.0 cm³/mol. The molecule has 0 atom stereocenters. The molecular formula is C17H13BrN2O2. The van der Waals surface area contributed by atoms with E-state index in [9.17, 15) is 9.59 Å². The standard InChI is InChI=1S/C17H13BrN2O2/c18-12-6-7-15-14(10-12)16(21)8-9-20(15)11-17(22)19-13-4-2-1-3-5-13/h1-10H,11H2,(H,19,22). The number of anilines is 1. The van der Waals surface area contributed by atoms with Gasteiger partial charge in [0.25, 0.3) is 0 Å². The first-order valence-corrected chi connectivity index (χ1v) is 7.56. The first-order valence-electron chi connectivity index (χ1n) is 6.77. The van der Waals surface area contributed by atoms with Crippen molar-refractivity contribution >= 4 is 38.4 Å². The van der Waals surface area contributed by atoms with Crippen LogP contribution in [0.4, 0.5) is 5.69 Å². The van der Waals surface area contributed by atoms with E-state index in [1.165, 1.54) is 6.07 Å². The van der Waals surface area contributed by atoms with Gasteiger partial charge in [-0.15, -0.1) is 0 Å². The Morgan fingerprint density at radius 1 is 1.09 bits per heavy atom. The summed E-state index contributed by atoms with van der Waals surface area (Å²) in [6.45, 7) is 0.146. The van der Waals surface area contributed by atoms with Crippen LogP contribution >= 0.6 is 15.9 Å². The average Bonchev–Trinajstić information content (AvgIpc) is 2.51. The second-order valence-electron chi connectivity index (χ2n) is 4.88. The maximum Gasteiger partial charge on any atom is 0.244 e. The van der Waals surface area contributed by atoms with E-state index in [-0.39, 0.29) is 17.9 Å². The highest BCUT2D eigenvalue weighted by Gasteiger charge is 2.07. The number of amides is 1. The van der Waals surface area contributed by atoms with E-state index in [0.29, 0.717) is 5.39 Å². The molecular weight excluding hydrogens is 344 g/mol. The van der Waals surface area contributed by atoms with Gasteiger partial charge in [0.15, 0.2) is 5.43 Å². The average molecular weight is 357 g/mol. The summed E-state index contributed by atoms with van der Waals surface area (Å²) < 4.78 is 2.60. The maximum absolute atomic E-state index is 12.2. The molecule has 0 radical (unpaired) electrons. The summed E-state index contributed by atoms with van der Waals surface area (Å²) in [6.07, 6.45) is 1.64. The number of halogens is 1. The van der Waals surface area contributed by atoms with Crippen LogP contribution in [0.1, 0.15) is 0 Å². The van der Waals surface area contributed by atoms with Crippen molar-refractivity contribution in [2.45, 2.75) is 6.54 Å². The quantitative estimate of drug-likeness (QED) is 0.781. The van der Waals surface area contributed by atoms with Gasteiger partial charge in [0.2, 0.25) is 5.91 Å². The van der Waals surface area contributed by atoms with Crippen molar-refractivity contribution in [1.82, 2.24) is 4.57 Å². The van der Waals surface area contributed by atoms with E-state index in [1.54, 1.807) is 16.8 Å². The second-order valence-corrected chi connectivity index (χ2v) is 5.80. The number of hydrogen-bond donors (Lipinski definition) is 1. The van der Waals surface area contributed by atoms with E-state index >= 15 is 0 Å². The van der Waals surface area contributed by atoms with Gasteiger partial charge >= 0.3 is 0 Å². The van der Waals surface area contributed by atoms with Crippen LogP contribution in [0, 0.1) is 0 Å². The minimum Gasteiger partial charge on any atom is -0.338 e. The number of benzene rings is 2. The summed E-state index contributed by atoms with van der Waals surface area (Å²) in [7, 11) is 0. The lowest BCUT2D eigenvalue weighted by atomic mass is 10.2. The number of aromatic nitrogens is 1. The van der Waals surface area contributed by atoms with E-state index in [1.807, 2.05) is 42.5 Å². The Labute approximate surface area is 135 Å². The number of fused-ring (bicyclic) bond motifs is 1. The van der Waals surface area contributed by atoms with Crippen molar-refractivity contribution in [1.29, 1.82) is 0 Å². The van der Waals surface area contributed by atoms with E-state index in [4.69, 9.17) is 0 Å². The Hall–Kier alpha value is -2.40. The Morgan fingerprint density at radius 3 is 2.64 bits per heavy atom. The first-order chi connectivity index (χ1) is 10.6. The fraction of sp³-hybridized carbons (Fsp3) is 0.0588. The smallest absolute Gasteiger partial charge is 0.244 e. The van der Waals surface area contributed by atoms with E-state index in [2.05, 4.69) is 21.2 Å². The molecule has 3 rings (SSSR count). The molecule has 22 heavy (non-hydrogen) atoms. The van der Waals surface area contributed by atoms with Gasteiger partial charge in [-0.05, 0) is 30.3 Å². The van der Waals surface area contributed by atoms with Crippen LogP contribution < -0.4 is 10.7 Å². The SMILES string of the molecule is O=C(Cn1ccc(=O)c2cc(Br)ccc21)Nc1ccccc1. The van der Waals surface area contributed by atoms with Crippen molar-refractivity contribution in [3.05, 3.63) is 75.5 Å². The van der Waals surface area contributed by atoms with Crippen LogP contribution in [0.25, 0.3) is 10.9 Å². The highest BCUT2D eigenvalue weighted by molar-refractivity contribution is 9.10. The number of pyridine rings is 1. The van der Waals surface area contributed by atoms with Gasteiger partial charge in [-0.1, -0.05) is 34.1 Å². The van der Waals surface area contributed by atoms with Gasteiger partial charge in [0.05, 0.1) is 5.52 Å². The van der Waals surface area contributed by atoms with Crippen LogP contribution in [-0.2, 0) is 11.3 Å². The fourth-order valence-corrected chi connectivity index (χ4v) is 2.66. The van der Waals surface area contributed by atoms with E-state index < -0.39 is 0 Å². The fourth-order valence-electron chi connectivity index (χ4n) is 2.30. The topological polar surface area (TPSA) is 51.1 Å². The molecule has 0 aliphatic heterocycles. The Bertz CT molecular complexity index is 888. The summed E-state index contributed by atoms with van der Waals surface area (Å²) in [4.78, 5) is 24.1. The third kappa shape index (κ3) is 3.09. The minimum absolute atomic E-state index is 0.0592. The molecule has 0 spiro atoms. The van der Waals surface area contributed by atoms with Crippen molar-refractivity contribution in [3.63, 3.8) is 0 Å². The van der Waals surface area contributed by atoms with Crippen molar-refractivity contribution < 1.29 is 4.79 Å². The largest absolute Gasteiger partial charge is 0.338 e. The second kappa shape index (κ2) is 6.15. The van der Waals surface area contributed by atoms with Gasteiger partial charge in [0, 0.05) is 27.8 Å². The van der Waals surface area contributed by atoms with Gasteiger partial charge in [-0.25, -0.2) is 0 Å². The highest BCUT2D eigenvalue weighted by atomic mass is 79.9. The molecule has 5 heteroatoms. The van der Waals surface area contributed by atoms with Crippen LogP contribution in [0.3, 0.4) is 0 Å². The predicted octanol–water partition coefficient (Wildman–Crippen LogP) is 3.40. The number of carbonyl (C=O) groups excluding carboxylic acids is 1. The summed E-state index contributed by atoms with van der Waals surface area (Å²) in [5.41, 5.74) is 1.43. The molecule has 0 fully saturated rings. The summed E-state index contributed by atoms with van der Waals surface area (Å²) in [5.74, 6) is -0.140. The molecule has 110 valence electrons. The van der Waals surface area contributed by atoms with Crippen LogP contribution in [0.2, 0.25) is 0 Å². The number of hydrogen-bond acceptors (Lipinski definition) is 2. The van der Waals surface area contributed by atoms with Crippen LogP contribution in [0.5, 0.6) is 0 Å². The molecule has 0 saturated heterocycles. The Balaban J connectivity index is 1.89. The van der Waals surface area contributed by atoms with Gasteiger partial charge in [-0.3, -0.25) is 9.59 Å². The monoisotopic (exact) mass is 356 g/mol. The van der Waals surface area contributed by atoms with Gasteiger partial charge < -0.3 is 9.88 Å². The van der Waals surface area contributed by atoms with Gasteiger partial charge in [-0.2, -0.15) is 0 Å². The van der Waals surface area contributed by atoms with Crippen molar-refractivity contribution in [2.24, 2.45) is 0 Å². The lowest BCUT2D eigenvalue weighted by molar-refractivity contribution is -0.116. The molecule has 3 aromatic rings. The molecule has 0 saturated carbocycles. The molecule has 0 unspecified atom stereocenters. The van der Waals surface area contributed by atoms with Crippen molar-refractivity contribution in [3.8, 4) is 0 Å². The maximum atomic E-state index is 12.2. The number of carbonyl (C=O) groups is 1. The number of nitrogens with one attached hydrogen (secondary N) is 1. The molecule has 4 nitrogen and oxygen atoms in total. The normalized spacial score (nSPS) is 10.6. The molecule has 0 aliphatic carbocycles. The minimum atomic E-state index is -0.140. The number of nitrogens with zero attached hydrogens (tertiary/aromatic N) is 1.